The average molecular weight is 387 g/mol. The van der Waals surface area contributed by atoms with E-state index in [-0.39, 0.29) is 5.91 Å². The summed E-state index contributed by atoms with van der Waals surface area (Å²) in [6.45, 7) is 5.88. The van der Waals surface area contributed by atoms with Crippen molar-refractivity contribution in [1.29, 1.82) is 0 Å². The van der Waals surface area contributed by atoms with Crippen LogP contribution in [0.5, 0.6) is 0 Å². The molecule has 2 aromatic heterocycles. The second-order valence-electron chi connectivity index (χ2n) is 6.92. The summed E-state index contributed by atoms with van der Waals surface area (Å²) in [7, 11) is 0. The number of hydrogen-bond donors (Lipinski definition) is 0. The van der Waals surface area contributed by atoms with Crippen molar-refractivity contribution in [2.75, 3.05) is 13.1 Å². The van der Waals surface area contributed by atoms with E-state index >= 15 is 0 Å². The summed E-state index contributed by atoms with van der Waals surface area (Å²) in [6, 6.07) is 7.92. The van der Waals surface area contributed by atoms with Crippen molar-refractivity contribution in [1.82, 2.24) is 9.88 Å². The van der Waals surface area contributed by atoms with Crippen LogP contribution in [0.1, 0.15) is 41.6 Å². The Kier molecular flexibility index (Phi) is 5.05. The van der Waals surface area contributed by atoms with Gasteiger partial charge in [0.2, 0.25) is 0 Å². The molecule has 0 aliphatic carbocycles. The first-order valence-electron chi connectivity index (χ1n) is 8.96. The minimum absolute atomic E-state index is 0.0269. The van der Waals surface area contributed by atoms with Gasteiger partial charge in [-0.2, -0.15) is 0 Å². The number of hydrogen-bond acceptors (Lipinski definition) is 5. The van der Waals surface area contributed by atoms with Crippen molar-refractivity contribution < 1.29 is 9.21 Å². The van der Waals surface area contributed by atoms with E-state index in [0.717, 1.165) is 52.5 Å². The Balaban J connectivity index is 1.63. The summed E-state index contributed by atoms with van der Waals surface area (Å²) in [4.78, 5) is 19.6. The van der Waals surface area contributed by atoms with Gasteiger partial charge in [-0.15, -0.1) is 11.3 Å². The number of rotatable bonds is 4. The summed E-state index contributed by atoms with van der Waals surface area (Å²) in [6.07, 6.45) is 2.13. The molecule has 26 heavy (non-hydrogen) atoms. The van der Waals surface area contributed by atoms with E-state index in [9.17, 15) is 4.79 Å². The molecule has 4 rings (SSSR count). The maximum Gasteiger partial charge on any atom is 0.289 e. The summed E-state index contributed by atoms with van der Waals surface area (Å²) < 4.78 is 7.04. The first-order chi connectivity index (χ1) is 12.6. The molecule has 0 bridgehead atoms. The number of piperidine rings is 1. The summed E-state index contributed by atoms with van der Waals surface area (Å²) in [5.41, 5.74) is 2.81. The highest BCUT2D eigenvalue weighted by molar-refractivity contribution is 8.00. The molecular weight excluding hydrogens is 364 g/mol. The first-order valence-corrected chi connectivity index (χ1v) is 10.8. The molecule has 0 radical (unpaired) electrons. The van der Waals surface area contributed by atoms with Crippen molar-refractivity contribution in [3.05, 3.63) is 46.7 Å². The van der Waals surface area contributed by atoms with Gasteiger partial charge in [0.1, 0.15) is 9.92 Å². The normalized spacial score (nSPS) is 15.7. The number of para-hydroxylation sites is 1. The van der Waals surface area contributed by atoms with Crippen LogP contribution in [0.25, 0.3) is 11.0 Å². The van der Waals surface area contributed by atoms with Gasteiger partial charge in [0, 0.05) is 40.9 Å². The van der Waals surface area contributed by atoms with Crippen molar-refractivity contribution >= 4 is 40.0 Å². The monoisotopic (exact) mass is 386 g/mol. The second-order valence-corrected chi connectivity index (χ2v) is 9.00. The maximum absolute atomic E-state index is 13.1. The Hall–Kier alpha value is -1.79. The number of carbonyl (C=O) groups excluding carboxylic acids is 1. The lowest BCUT2D eigenvalue weighted by molar-refractivity contribution is 0.0666. The van der Waals surface area contributed by atoms with Gasteiger partial charge in [-0.1, -0.05) is 36.9 Å². The molecule has 1 saturated heterocycles. The number of furan rings is 1. The molecule has 0 spiro atoms. The number of aryl methyl sites for hydroxylation is 1. The fourth-order valence-electron chi connectivity index (χ4n) is 3.30. The standard InChI is InChI=1S/C20H22N2O2S2/c1-13-7-9-22(10-8-13)19(23)18-16(12-26-20-21-14(2)11-25-20)15-5-3-4-6-17(15)24-18/h3-6,11,13H,7-10,12H2,1-2H3. The molecule has 0 N–H and O–H groups in total. The molecule has 1 aliphatic heterocycles. The Morgan fingerprint density at radius 1 is 1.35 bits per heavy atom. The van der Waals surface area contributed by atoms with E-state index in [2.05, 4.69) is 17.3 Å². The number of fused-ring (bicyclic) bond motifs is 1. The van der Waals surface area contributed by atoms with Crippen LogP contribution in [0.15, 0.2) is 38.4 Å². The number of nitrogens with zero attached hydrogens (tertiary/aromatic N) is 2. The average Bonchev–Trinajstić information content (AvgIpc) is 3.23. The summed E-state index contributed by atoms with van der Waals surface area (Å²) >= 11 is 3.31. The molecular formula is C20H22N2O2S2. The number of amides is 1. The molecule has 3 aromatic rings. The smallest absolute Gasteiger partial charge is 0.289 e. The number of thiazole rings is 1. The fourth-order valence-corrected chi connectivity index (χ4v) is 5.18. The van der Waals surface area contributed by atoms with Crippen LogP contribution in [-0.2, 0) is 5.75 Å². The molecule has 0 atom stereocenters. The van der Waals surface area contributed by atoms with E-state index in [1.54, 1.807) is 23.1 Å². The number of thioether (sulfide) groups is 1. The minimum atomic E-state index is 0.0269. The number of aromatic nitrogens is 1. The Morgan fingerprint density at radius 2 is 2.12 bits per heavy atom. The lowest BCUT2D eigenvalue weighted by Crippen LogP contribution is -2.38. The Morgan fingerprint density at radius 3 is 2.85 bits per heavy atom. The third-order valence-electron chi connectivity index (χ3n) is 4.90. The zero-order valence-corrected chi connectivity index (χ0v) is 16.7. The predicted octanol–water partition coefficient (Wildman–Crippen LogP) is 5.36. The van der Waals surface area contributed by atoms with Gasteiger partial charge < -0.3 is 9.32 Å². The third kappa shape index (κ3) is 3.53. The topological polar surface area (TPSA) is 46.3 Å². The van der Waals surface area contributed by atoms with Gasteiger partial charge in [0.05, 0.1) is 0 Å². The molecule has 4 nitrogen and oxygen atoms in total. The van der Waals surface area contributed by atoms with Crippen LogP contribution in [0.2, 0.25) is 0 Å². The van der Waals surface area contributed by atoms with Crippen molar-refractivity contribution in [2.24, 2.45) is 5.92 Å². The minimum Gasteiger partial charge on any atom is -0.451 e. The van der Waals surface area contributed by atoms with Crippen LogP contribution >= 0.6 is 23.1 Å². The lowest BCUT2D eigenvalue weighted by Gasteiger charge is -2.29. The molecule has 0 saturated carbocycles. The maximum atomic E-state index is 13.1. The number of carbonyl (C=O) groups is 1. The van der Waals surface area contributed by atoms with Crippen molar-refractivity contribution in [2.45, 2.75) is 36.8 Å². The first kappa shape index (κ1) is 17.6. The Bertz CT molecular complexity index is 923. The van der Waals surface area contributed by atoms with Gasteiger partial charge in [-0.25, -0.2) is 4.98 Å². The van der Waals surface area contributed by atoms with E-state index < -0.39 is 0 Å². The van der Waals surface area contributed by atoms with Crippen LogP contribution in [-0.4, -0.2) is 28.9 Å². The Labute approximate surface area is 161 Å². The largest absolute Gasteiger partial charge is 0.451 e. The predicted molar refractivity (Wildman–Crippen MR) is 107 cm³/mol. The van der Waals surface area contributed by atoms with E-state index in [0.29, 0.717) is 17.4 Å². The number of benzene rings is 1. The van der Waals surface area contributed by atoms with Crippen LogP contribution < -0.4 is 0 Å². The van der Waals surface area contributed by atoms with E-state index in [4.69, 9.17) is 4.42 Å². The molecule has 3 heterocycles. The zero-order chi connectivity index (χ0) is 18.1. The molecule has 136 valence electrons. The van der Waals surface area contributed by atoms with Crippen molar-refractivity contribution in [3.8, 4) is 0 Å². The molecule has 6 heteroatoms. The highest BCUT2D eigenvalue weighted by atomic mass is 32.2. The molecule has 1 amide bonds. The lowest BCUT2D eigenvalue weighted by atomic mass is 9.99. The van der Waals surface area contributed by atoms with Crippen LogP contribution in [0.3, 0.4) is 0 Å². The van der Waals surface area contributed by atoms with Gasteiger partial charge in [0.15, 0.2) is 5.76 Å². The highest BCUT2D eigenvalue weighted by Gasteiger charge is 2.27. The molecule has 0 unspecified atom stereocenters. The second kappa shape index (κ2) is 7.45. The molecule has 1 aromatic carbocycles. The zero-order valence-electron chi connectivity index (χ0n) is 15.0. The SMILES string of the molecule is Cc1csc(SCc2c(C(=O)N3CCC(C)CC3)oc3ccccc23)n1. The molecule has 1 aliphatic rings. The third-order valence-corrected chi connectivity index (χ3v) is 7.07. The van der Waals surface area contributed by atoms with Gasteiger partial charge in [-0.3, -0.25) is 4.79 Å². The quantitative estimate of drug-likeness (QED) is 0.566. The van der Waals surface area contributed by atoms with Gasteiger partial charge in [-0.05, 0) is 31.7 Å². The van der Waals surface area contributed by atoms with E-state index in [1.165, 1.54) is 0 Å². The van der Waals surface area contributed by atoms with Gasteiger partial charge >= 0.3 is 0 Å². The summed E-state index contributed by atoms with van der Waals surface area (Å²) in [5, 5.41) is 3.08. The van der Waals surface area contributed by atoms with Crippen molar-refractivity contribution in [3.63, 3.8) is 0 Å². The van der Waals surface area contributed by atoms with E-state index in [1.807, 2.05) is 36.1 Å². The highest BCUT2D eigenvalue weighted by Crippen LogP contribution is 2.34. The van der Waals surface area contributed by atoms with Crippen LogP contribution in [0.4, 0.5) is 0 Å². The fraction of sp³-hybridized carbons (Fsp3) is 0.400. The summed E-state index contributed by atoms with van der Waals surface area (Å²) in [5.74, 6) is 1.91. The van der Waals surface area contributed by atoms with Gasteiger partial charge in [0.25, 0.3) is 5.91 Å². The van der Waals surface area contributed by atoms with Crippen LogP contribution in [0, 0.1) is 12.8 Å². The molecule has 1 fully saturated rings. The number of likely N-dealkylation sites (tertiary alicyclic amines) is 1.